The molecule has 0 aromatic carbocycles. The number of hydrogen-bond donors (Lipinski definition) is 1. The molecular formula is C24H25N5O2. The lowest BCUT2D eigenvalue weighted by atomic mass is 9.89. The highest BCUT2D eigenvalue weighted by molar-refractivity contribution is 5.97. The Labute approximate surface area is 180 Å². The molecule has 1 aliphatic carbocycles. The molecule has 158 valence electrons. The fraction of sp³-hybridized carbons (Fsp3) is 0.333. The molecule has 2 aliphatic rings. The van der Waals surface area contributed by atoms with Crippen molar-refractivity contribution in [2.24, 2.45) is 5.92 Å². The van der Waals surface area contributed by atoms with Gasteiger partial charge in [-0.2, -0.15) is 0 Å². The molecule has 2 amide bonds. The first kappa shape index (κ1) is 19.5. The minimum atomic E-state index is 0.0238. The predicted octanol–water partition coefficient (Wildman–Crippen LogP) is 3.57. The van der Waals surface area contributed by atoms with Crippen LogP contribution < -0.4 is 4.90 Å². The number of H-pyrrole nitrogens is 1. The van der Waals surface area contributed by atoms with Crippen molar-refractivity contribution >= 4 is 34.7 Å². The van der Waals surface area contributed by atoms with Crippen LogP contribution in [0.2, 0.25) is 0 Å². The number of amides is 2. The summed E-state index contributed by atoms with van der Waals surface area (Å²) in [6.07, 6.45) is 8.61. The van der Waals surface area contributed by atoms with Crippen LogP contribution in [0.15, 0.2) is 42.7 Å². The number of aromatic amines is 1. The van der Waals surface area contributed by atoms with Gasteiger partial charge in [0.15, 0.2) is 0 Å². The van der Waals surface area contributed by atoms with E-state index in [4.69, 9.17) is 0 Å². The molecule has 0 saturated heterocycles. The zero-order valence-corrected chi connectivity index (χ0v) is 17.7. The zero-order chi connectivity index (χ0) is 21.5. The number of nitrogens with one attached hydrogen (secondary N) is 1. The Morgan fingerprint density at radius 1 is 1.29 bits per heavy atom. The van der Waals surface area contributed by atoms with E-state index in [2.05, 4.69) is 28.0 Å². The third-order valence-electron chi connectivity index (χ3n) is 6.13. The van der Waals surface area contributed by atoms with Gasteiger partial charge >= 0.3 is 0 Å². The van der Waals surface area contributed by atoms with Gasteiger partial charge < -0.3 is 9.88 Å². The molecule has 1 unspecified atom stereocenters. The van der Waals surface area contributed by atoms with Gasteiger partial charge in [-0.25, -0.2) is 4.98 Å². The van der Waals surface area contributed by atoms with E-state index < -0.39 is 0 Å². The molecular weight excluding hydrogens is 390 g/mol. The maximum atomic E-state index is 13.0. The lowest BCUT2D eigenvalue weighted by Gasteiger charge is -2.32. The summed E-state index contributed by atoms with van der Waals surface area (Å²) >= 11 is 0. The monoisotopic (exact) mass is 415 g/mol. The molecule has 0 spiro atoms. The second kappa shape index (κ2) is 7.65. The normalized spacial score (nSPS) is 18.7. The van der Waals surface area contributed by atoms with Crippen LogP contribution in [-0.2, 0) is 4.79 Å². The summed E-state index contributed by atoms with van der Waals surface area (Å²) in [5.41, 5.74) is 4.54. The van der Waals surface area contributed by atoms with Crippen LogP contribution in [0.1, 0.15) is 41.4 Å². The van der Waals surface area contributed by atoms with Gasteiger partial charge in [-0.15, -0.1) is 0 Å². The van der Waals surface area contributed by atoms with Crippen LogP contribution in [0.25, 0.3) is 16.6 Å². The Hall–Kier alpha value is -3.48. The summed E-state index contributed by atoms with van der Waals surface area (Å²) in [5.74, 6) is 0.858. The van der Waals surface area contributed by atoms with Crippen molar-refractivity contribution in [2.45, 2.75) is 32.7 Å². The van der Waals surface area contributed by atoms with Crippen molar-refractivity contribution in [3.05, 3.63) is 59.6 Å². The first-order valence-corrected chi connectivity index (χ1v) is 10.7. The van der Waals surface area contributed by atoms with E-state index in [1.54, 1.807) is 17.2 Å². The number of hydrogen-bond acceptors (Lipinski definition) is 4. The van der Waals surface area contributed by atoms with Crippen molar-refractivity contribution in [3.8, 4) is 0 Å². The molecule has 3 aromatic heterocycles. The van der Waals surface area contributed by atoms with Crippen molar-refractivity contribution < 1.29 is 9.59 Å². The Balaban J connectivity index is 1.48. The van der Waals surface area contributed by atoms with E-state index in [-0.39, 0.29) is 17.9 Å². The molecule has 0 radical (unpaired) electrons. The lowest BCUT2D eigenvalue weighted by molar-refractivity contribution is -0.107. The van der Waals surface area contributed by atoms with E-state index in [0.717, 1.165) is 41.5 Å². The highest BCUT2D eigenvalue weighted by atomic mass is 16.2. The van der Waals surface area contributed by atoms with Crippen molar-refractivity contribution in [3.63, 3.8) is 0 Å². The number of rotatable bonds is 5. The smallest absolute Gasteiger partial charge is 0.254 e. The van der Waals surface area contributed by atoms with Crippen molar-refractivity contribution in [2.75, 3.05) is 18.0 Å². The fourth-order valence-corrected chi connectivity index (χ4v) is 4.39. The van der Waals surface area contributed by atoms with E-state index in [9.17, 15) is 9.59 Å². The SMILES string of the molecule is Cc1cc(C(=O)N2CC=C(c3cc(N(C=O)C4CC4)nc4[nH]ccc34)C(C)C2)ccn1. The van der Waals surface area contributed by atoms with Gasteiger partial charge in [0.05, 0.1) is 0 Å². The summed E-state index contributed by atoms with van der Waals surface area (Å²) in [6, 6.07) is 7.89. The molecule has 7 heteroatoms. The van der Waals surface area contributed by atoms with Gasteiger partial charge in [0.2, 0.25) is 6.41 Å². The maximum Gasteiger partial charge on any atom is 0.254 e. The van der Waals surface area contributed by atoms with Crippen LogP contribution in [0.5, 0.6) is 0 Å². The molecule has 1 saturated carbocycles. The summed E-state index contributed by atoms with van der Waals surface area (Å²) in [4.78, 5) is 40.4. The Morgan fingerprint density at radius 2 is 2.13 bits per heavy atom. The zero-order valence-electron chi connectivity index (χ0n) is 17.7. The van der Waals surface area contributed by atoms with Crippen LogP contribution in [0, 0.1) is 12.8 Å². The number of nitrogens with zero attached hydrogens (tertiary/aromatic N) is 4. The number of anilines is 1. The molecule has 4 heterocycles. The third-order valence-corrected chi connectivity index (χ3v) is 6.13. The molecule has 7 nitrogen and oxygen atoms in total. The second-order valence-corrected chi connectivity index (χ2v) is 8.47. The standard InChI is InChI=1S/C24H25N5O2/c1-15-13-28(24(31)17-5-8-25-16(2)11-17)10-7-19(15)21-12-22(29(14-30)18-3-4-18)27-23-20(21)6-9-26-23/h5-9,11-12,14-15,18H,3-4,10,13H2,1-2H3,(H,26,27). The largest absolute Gasteiger partial charge is 0.346 e. The van der Waals surface area contributed by atoms with E-state index in [1.807, 2.05) is 36.2 Å². The van der Waals surface area contributed by atoms with E-state index in [1.165, 1.54) is 5.57 Å². The molecule has 1 atom stereocenters. The highest BCUT2D eigenvalue weighted by Gasteiger charge is 2.31. The quantitative estimate of drug-likeness (QED) is 0.646. The topological polar surface area (TPSA) is 82.2 Å². The molecule has 3 aromatic rings. The van der Waals surface area contributed by atoms with Gasteiger partial charge in [0.25, 0.3) is 5.91 Å². The lowest BCUT2D eigenvalue weighted by Crippen LogP contribution is -2.38. The summed E-state index contributed by atoms with van der Waals surface area (Å²) in [7, 11) is 0. The number of aromatic nitrogens is 3. The Bertz CT molecular complexity index is 1190. The van der Waals surface area contributed by atoms with Gasteiger partial charge in [0.1, 0.15) is 11.5 Å². The van der Waals surface area contributed by atoms with Crippen LogP contribution in [0.3, 0.4) is 0 Å². The Morgan fingerprint density at radius 3 is 2.84 bits per heavy atom. The molecule has 1 aliphatic heterocycles. The fourth-order valence-electron chi connectivity index (χ4n) is 4.39. The molecule has 1 fully saturated rings. The first-order valence-electron chi connectivity index (χ1n) is 10.7. The summed E-state index contributed by atoms with van der Waals surface area (Å²) in [6.45, 7) is 5.21. The number of carbonyl (C=O) groups excluding carboxylic acids is 2. The third kappa shape index (κ3) is 3.60. The average molecular weight is 415 g/mol. The number of carbonyl (C=O) groups is 2. The summed E-state index contributed by atoms with van der Waals surface area (Å²) < 4.78 is 0. The van der Waals surface area contributed by atoms with Gasteiger partial charge in [-0.05, 0) is 61.1 Å². The van der Waals surface area contributed by atoms with Crippen LogP contribution in [-0.4, -0.2) is 51.3 Å². The van der Waals surface area contributed by atoms with E-state index >= 15 is 0 Å². The molecule has 0 bridgehead atoms. The highest BCUT2D eigenvalue weighted by Crippen LogP contribution is 2.36. The van der Waals surface area contributed by atoms with Crippen molar-refractivity contribution in [1.82, 2.24) is 19.9 Å². The van der Waals surface area contributed by atoms with Gasteiger partial charge in [-0.1, -0.05) is 13.0 Å². The minimum absolute atomic E-state index is 0.0238. The molecule has 31 heavy (non-hydrogen) atoms. The minimum Gasteiger partial charge on any atom is -0.346 e. The number of pyridine rings is 2. The summed E-state index contributed by atoms with van der Waals surface area (Å²) in [5, 5.41) is 1.04. The van der Waals surface area contributed by atoms with Gasteiger partial charge in [-0.3, -0.25) is 19.5 Å². The van der Waals surface area contributed by atoms with E-state index in [0.29, 0.717) is 24.5 Å². The van der Waals surface area contributed by atoms with Crippen LogP contribution >= 0.6 is 0 Å². The number of fused-ring (bicyclic) bond motifs is 1. The predicted molar refractivity (Wildman–Crippen MR) is 120 cm³/mol. The molecule has 1 N–H and O–H groups in total. The average Bonchev–Trinajstić information content (AvgIpc) is 3.49. The maximum absolute atomic E-state index is 13.0. The van der Waals surface area contributed by atoms with Gasteiger partial charge in [0, 0.05) is 48.2 Å². The second-order valence-electron chi connectivity index (χ2n) is 8.47. The Kier molecular flexibility index (Phi) is 4.81. The first-order chi connectivity index (χ1) is 15.0. The number of aryl methyl sites for hydroxylation is 1. The van der Waals surface area contributed by atoms with Crippen LogP contribution in [0.4, 0.5) is 5.82 Å². The molecule has 5 rings (SSSR count). The van der Waals surface area contributed by atoms with Crippen molar-refractivity contribution in [1.29, 1.82) is 0 Å².